The molecule has 0 aliphatic heterocycles. The van der Waals surface area contributed by atoms with Crippen molar-refractivity contribution in [3.05, 3.63) is 36.8 Å². The molecule has 0 aromatic rings. The number of quaternary nitrogens is 1. The fourth-order valence-corrected chi connectivity index (χ4v) is 6.66. The van der Waals surface area contributed by atoms with Gasteiger partial charge in [0.25, 0.3) is 0 Å². The summed E-state index contributed by atoms with van der Waals surface area (Å²) < 4.78 is 35.2. The van der Waals surface area contributed by atoms with Gasteiger partial charge in [-0.15, -0.1) is 0 Å². The summed E-state index contributed by atoms with van der Waals surface area (Å²) in [6, 6.07) is 0. The number of phosphoric ester groups is 1. The van der Waals surface area contributed by atoms with E-state index in [0.29, 0.717) is 11.0 Å². The summed E-state index contributed by atoms with van der Waals surface area (Å²) in [5.41, 5.74) is 0. The van der Waals surface area contributed by atoms with Crippen molar-refractivity contribution in [2.75, 3.05) is 47.5 Å². The zero-order valence-electron chi connectivity index (χ0n) is 35.1. The maximum atomic E-state index is 12.5. The number of likely N-dealkylation sites (N-methyl/N-ethyl adjacent to an activating group) is 1. The third-order valence-electron chi connectivity index (χ3n) is 9.39. The molecule has 1 unspecified atom stereocenters. The molecule has 0 aromatic carbocycles. The van der Waals surface area contributed by atoms with Gasteiger partial charge in [-0.3, -0.25) is 9.05 Å². The van der Waals surface area contributed by atoms with Crippen LogP contribution in [0.1, 0.15) is 194 Å². The minimum atomic E-state index is -4.18. The Morgan fingerprint density at radius 3 is 1.33 bits per heavy atom. The summed E-state index contributed by atoms with van der Waals surface area (Å²) in [7, 11) is 1.83. The van der Waals surface area contributed by atoms with Crippen LogP contribution in [0.15, 0.2) is 36.8 Å². The summed E-state index contributed by atoms with van der Waals surface area (Å²) >= 11 is 0. The largest absolute Gasteiger partial charge is 0.498 e. The topological polar surface area (TPSA) is 74.2 Å². The van der Waals surface area contributed by atoms with E-state index < -0.39 is 13.9 Å². The first-order valence-electron chi connectivity index (χ1n) is 21.8. The van der Waals surface area contributed by atoms with Crippen LogP contribution in [0.2, 0.25) is 0 Å². The lowest BCUT2D eigenvalue weighted by Crippen LogP contribution is -2.37. The van der Waals surface area contributed by atoms with Gasteiger partial charge in [-0.1, -0.05) is 154 Å². The van der Waals surface area contributed by atoms with Crippen LogP contribution in [0.4, 0.5) is 0 Å². The standard InChI is InChI=1S/C44H86NO6P/c1-6-8-10-12-14-16-18-20-22-24-26-28-30-32-34-36-39-48-42-44(43-51-52(46,47)50-41-38-45(3,4)5)49-40-37-35-33-31-29-27-25-23-21-19-17-15-13-11-9-7-2/h20,22,36-37,39-40,44H,6-19,21,23-35,38,41-43H2,1-5H3/p+1/b22-20-,39-36-,40-37-/t44-/m1/s1. The molecule has 0 rings (SSSR count). The number of allylic oxidation sites excluding steroid dienone is 4. The lowest BCUT2D eigenvalue weighted by atomic mass is 10.0. The third-order valence-corrected chi connectivity index (χ3v) is 10.4. The summed E-state index contributed by atoms with van der Waals surface area (Å²) in [5.74, 6) is 0. The molecule has 7 nitrogen and oxygen atoms in total. The molecule has 0 saturated carbocycles. The van der Waals surface area contributed by atoms with Crippen LogP contribution in [0.3, 0.4) is 0 Å². The van der Waals surface area contributed by atoms with Gasteiger partial charge in [0.15, 0.2) is 6.10 Å². The number of nitrogens with zero attached hydrogens (tertiary/aromatic N) is 1. The normalized spacial score (nSPS) is 14.2. The highest BCUT2D eigenvalue weighted by Crippen LogP contribution is 2.43. The summed E-state index contributed by atoms with van der Waals surface area (Å²) in [5, 5.41) is 0. The second-order valence-electron chi connectivity index (χ2n) is 15.9. The molecule has 0 aromatic heterocycles. The second kappa shape index (κ2) is 38.2. The molecule has 0 fully saturated rings. The molecular formula is C44H87NO6P+. The minimum absolute atomic E-state index is 0.0946. The summed E-state index contributed by atoms with van der Waals surface area (Å²) in [6.07, 6.45) is 48.0. The van der Waals surface area contributed by atoms with Crippen molar-refractivity contribution in [3.8, 4) is 0 Å². The molecule has 0 bridgehead atoms. The van der Waals surface area contributed by atoms with Crippen molar-refractivity contribution in [1.29, 1.82) is 0 Å². The van der Waals surface area contributed by atoms with Gasteiger partial charge in [0.05, 0.1) is 40.3 Å². The van der Waals surface area contributed by atoms with Crippen LogP contribution in [0.25, 0.3) is 0 Å². The number of rotatable bonds is 41. The van der Waals surface area contributed by atoms with Crippen LogP contribution in [-0.4, -0.2) is 63.0 Å². The Morgan fingerprint density at radius 1 is 0.519 bits per heavy atom. The average molecular weight is 757 g/mol. The molecule has 0 aliphatic carbocycles. The van der Waals surface area contributed by atoms with Gasteiger partial charge in [0.2, 0.25) is 0 Å². The first kappa shape index (κ1) is 50.9. The van der Waals surface area contributed by atoms with E-state index in [2.05, 4.69) is 32.1 Å². The number of ether oxygens (including phenoxy) is 2. The van der Waals surface area contributed by atoms with E-state index in [-0.39, 0.29) is 19.8 Å². The number of hydrogen-bond acceptors (Lipinski definition) is 5. The quantitative estimate of drug-likeness (QED) is 0.0220. The van der Waals surface area contributed by atoms with Gasteiger partial charge in [-0.2, -0.15) is 0 Å². The SMILES string of the molecule is CCCCCCCC/C=C\CCCCCC/C=C\OC[C@H](COP(=O)(O)OCC[N+](C)(C)C)O/C=C\CCCCCCCCCCCCCCCC. The van der Waals surface area contributed by atoms with Gasteiger partial charge in [0.1, 0.15) is 19.8 Å². The van der Waals surface area contributed by atoms with Crippen LogP contribution in [0, 0.1) is 0 Å². The van der Waals surface area contributed by atoms with E-state index in [1.165, 1.54) is 154 Å². The van der Waals surface area contributed by atoms with Gasteiger partial charge in [0, 0.05) is 0 Å². The molecule has 2 atom stereocenters. The summed E-state index contributed by atoms with van der Waals surface area (Å²) in [4.78, 5) is 10.2. The van der Waals surface area contributed by atoms with Crippen LogP contribution in [0.5, 0.6) is 0 Å². The first-order chi connectivity index (χ1) is 25.2. The fraction of sp³-hybridized carbons (Fsp3) is 0.864. The van der Waals surface area contributed by atoms with E-state index in [1.54, 1.807) is 12.5 Å². The highest BCUT2D eigenvalue weighted by Gasteiger charge is 2.25. The Balaban J connectivity index is 4.22. The highest BCUT2D eigenvalue weighted by atomic mass is 31.2. The van der Waals surface area contributed by atoms with E-state index in [9.17, 15) is 9.46 Å². The Kier molecular flexibility index (Phi) is 37.4. The molecule has 0 aliphatic rings. The van der Waals surface area contributed by atoms with Gasteiger partial charge < -0.3 is 18.9 Å². The van der Waals surface area contributed by atoms with Crippen molar-refractivity contribution >= 4 is 7.82 Å². The third kappa shape index (κ3) is 41.6. The zero-order chi connectivity index (χ0) is 38.3. The van der Waals surface area contributed by atoms with E-state index >= 15 is 0 Å². The highest BCUT2D eigenvalue weighted by molar-refractivity contribution is 7.47. The monoisotopic (exact) mass is 757 g/mol. The molecule has 0 amide bonds. The molecule has 0 spiro atoms. The minimum Gasteiger partial charge on any atom is -0.498 e. The number of unbranched alkanes of at least 4 members (excludes halogenated alkanes) is 25. The molecule has 52 heavy (non-hydrogen) atoms. The molecule has 0 radical (unpaired) electrons. The lowest BCUT2D eigenvalue weighted by Gasteiger charge is -2.24. The molecular weight excluding hydrogens is 669 g/mol. The predicted octanol–water partition coefficient (Wildman–Crippen LogP) is 13.8. The van der Waals surface area contributed by atoms with Gasteiger partial charge in [-0.05, 0) is 63.5 Å². The molecule has 8 heteroatoms. The molecule has 0 heterocycles. The predicted molar refractivity (Wildman–Crippen MR) is 223 cm³/mol. The van der Waals surface area contributed by atoms with Crippen molar-refractivity contribution in [3.63, 3.8) is 0 Å². The van der Waals surface area contributed by atoms with Gasteiger partial charge >= 0.3 is 7.82 Å². The van der Waals surface area contributed by atoms with Crippen molar-refractivity contribution in [2.24, 2.45) is 0 Å². The summed E-state index contributed by atoms with van der Waals surface area (Å²) in [6.45, 7) is 5.41. The maximum Gasteiger partial charge on any atom is 0.472 e. The first-order valence-corrected chi connectivity index (χ1v) is 23.3. The van der Waals surface area contributed by atoms with Crippen molar-refractivity contribution < 1.29 is 32.5 Å². The lowest BCUT2D eigenvalue weighted by molar-refractivity contribution is -0.870. The Bertz CT molecular complexity index is 871. The fourth-order valence-electron chi connectivity index (χ4n) is 5.92. The van der Waals surface area contributed by atoms with E-state index in [0.717, 1.165) is 25.7 Å². The Morgan fingerprint density at radius 2 is 0.904 bits per heavy atom. The maximum absolute atomic E-state index is 12.5. The smallest absolute Gasteiger partial charge is 0.472 e. The Labute approximate surface area is 323 Å². The zero-order valence-corrected chi connectivity index (χ0v) is 35.9. The molecule has 308 valence electrons. The van der Waals surface area contributed by atoms with Crippen LogP contribution < -0.4 is 0 Å². The average Bonchev–Trinajstić information content (AvgIpc) is 3.10. The van der Waals surface area contributed by atoms with Crippen LogP contribution in [-0.2, 0) is 23.1 Å². The Hall–Kier alpha value is -1.11. The van der Waals surface area contributed by atoms with E-state index in [4.69, 9.17) is 18.5 Å². The van der Waals surface area contributed by atoms with Crippen molar-refractivity contribution in [2.45, 2.75) is 200 Å². The van der Waals surface area contributed by atoms with Crippen LogP contribution >= 0.6 is 7.82 Å². The van der Waals surface area contributed by atoms with Crippen molar-refractivity contribution in [1.82, 2.24) is 0 Å². The second-order valence-corrected chi connectivity index (χ2v) is 17.3. The van der Waals surface area contributed by atoms with E-state index in [1.807, 2.05) is 27.2 Å². The number of phosphoric acid groups is 1. The molecule has 1 N–H and O–H groups in total. The van der Waals surface area contributed by atoms with Gasteiger partial charge in [-0.25, -0.2) is 4.57 Å². The molecule has 0 saturated heterocycles. The number of hydrogen-bond donors (Lipinski definition) is 1.